The summed E-state index contributed by atoms with van der Waals surface area (Å²) in [6.45, 7) is 9.17. The monoisotopic (exact) mass is 330 g/mol. The van der Waals surface area contributed by atoms with Crippen LogP contribution in [0.3, 0.4) is 0 Å². The Labute approximate surface area is 140 Å². The lowest BCUT2D eigenvalue weighted by Gasteiger charge is -2.12. The van der Waals surface area contributed by atoms with E-state index in [1.807, 2.05) is 20.8 Å². The third kappa shape index (κ3) is 4.41. The Morgan fingerprint density at radius 3 is 2.29 bits per heavy atom. The van der Waals surface area contributed by atoms with Crippen molar-refractivity contribution >= 4 is 17.5 Å². The van der Waals surface area contributed by atoms with E-state index in [2.05, 4.69) is 20.8 Å². The van der Waals surface area contributed by atoms with Crippen molar-refractivity contribution in [2.24, 2.45) is 0 Å². The molecule has 7 nitrogen and oxygen atoms in total. The smallest absolute Gasteiger partial charge is 0.251 e. The first-order valence-electron chi connectivity index (χ1n) is 7.69. The van der Waals surface area contributed by atoms with E-state index < -0.39 is 6.04 Å². The van der Waals surface area contributed by atoms with Crippen LogP contribution < -0.4 is 10.6 Å². The molecule has 0 radical (unpaired) electrons. The van der Waals surface area contributed by atoms with Gasteiger partial charge in [-0.25, -0.2) is 0 Å². The topological polar surface area (TPSA) is 97.1 Å². The highest BCUT2D eigenvalue weighted by molar-refractivity contribution is 5.95. The molecule has 1 atom stereocenters. The maximum Gasteiger partial charge on any atom is 0.251 e. The molecule has 24 heavy (non-hydrogen) atoms. The van der Waals surface area contributed by atoms with Crippen LogP contribution in [-0.2, 0) is 10.2 Å². The number of nitrogens with zero attached hydrogens (tertiary/aromatic N) is 2. The number of benzene rings is 1. The largest absolute Gasteiger partial charge is 0.341 e. The van der Waals surface area contributed by atoms with Gasteiger partial charge in [0.2, 0.25) is 11.8 Å². The Kier molecular flexibility index (Phi) is 5.02. The minimum atomic E-state index is -0.406. The predicted molar refractivity (Wildman–Crippen MR) is 89.6 cm³/mol. The zero-order chi connectivity index (χ0) is 17.9. The van der Waals surface area contributed by atoms with E-state index in [0.717, 1.165) is 0 Å². The van der Waals surface area contributed by atoms with Crippen molar-refractivity contribution in [3.05, 3.63) is 41.5 Å². The summed E-state index contributed by atoms with van der Waals surface area (Å²) < 4.78 is 5.23. The standard InChI is InChI=1S/C17H22N4O3/c1-10(15-20-16(21-24-15)17(3,4)5)18-14(23)12-6-8-13(9-7-12)19-11(2)22/h6-10H,1-5H3,(H,18,23)(H,19,22)/t10-/m1/s1. The van der Waals surface area contributed by atoms with Crippen LogP contribution in [0.15, 0.2) is 28.8 Å². The van der Waals surface area contributed by atoms with Crippen molar-refractivity contribution in [1.29, 1.82) is 0 Å². The molecule has 0 spiro atoms. The highest BCUT2D eigenvalue weighted by Crippen LogP contribution is 2.21. The molecule has 1 heterocycles. The lowest BCUT2D eigenvalue weighted by Crippen LogP contribution is -2.27. The van der Waals surface area contributed by atoms with Gasteiger partial charge in [0.05, 0.1) is 0 Å². The molecule has 128 valence electrons. The molecule has 0 aliphatic rings. The second-order valence-electron chi connectivity index (χ2n) is 6.66. The minimum absolute atomic E-state index is 0.160. The highest BCUT2D eigenvalue weighted by Gasteiger charge is 2.24. The van der Waals surface area contributed by atoms with Gasteiger partial charge in [0.15, 0.2) is 5.82 Å². The number of hydrogen-bond acceptors (Lipinski definition) is 5. The third-order valence-corrected chi connectivity index (χ3v) is 3.30. The average Bonchev–Trinajstić information content (AvgIpc) is 2.97. The molecule has 7 heteroatoms. The summed E-state index contributed by atoms with van der Waals surface area (Å²) in [6.07, 6.45) is 0. The van der Waals surface area contributed by atoms with Gasteiger partial charge in [0.25, 0.3) is 5.91 Å². The first-order valence-corrected chi connectivity index (χ1v) is 7.69. The van der Waals surface area contributed by atoms with Gasteiger partial charge in [0, 0.05) is 23.6 Å². The zero-order valence-corrected chi connectivity index (χ0v) is 14.5. The summed E-state index contributed by atoms with van der Waals surface area (Å²) in [5, 5.41) is 9.42. The summed E-state index contributed by atoms with van der Waals surface area (Å²) in [5.41, 5.74) is 0.899. The van der Waals surface area contributed by atoms with E-state index in [-0.39, 0.29) is 17.2 Å². The quantitative estimate of drug-likeness (QED) is 0.898. The van der Waals surface area contributed by atoms with Gasteiger partial charge in [-0.05, 0) is 31.2 Å². The van der Waals surface area contributed by atoms with Gasteiger partial charge in [0.1, 0.15) is 6.04 Å². The van der Waals surface area contributed by atoms with Crippen LogP contribution in [-0.4, -0.2) is 22.0 Å². The number of carbonyl (C=O) groups is 2. The molecule has 0 saturated carbocycles. The maximum absolute atomic E-state index is 12.3. The maximum atomic E-state index is 12.3. The van der Waals surface area contributed by atoms with Crippen molar-refractivity contribution in [3.8, 4) is 0 Å². The van der Waals surface area contributed by atoms with Gasteiger partial charge in [-0.3, -0.25) is 9.59 Å². The fourth-order valence-corrected chi connectivity index (χ4v) is 1.97. The Morgan fingerprint density at radius 2 is 1.79 bits per heavy atom. The minimum Gasteiger partial charge on any atom is -0.341 e. The van der Waals surface area contributed by atoms with Crippen LogP contribution in [0.25, 0.3) is 0 Å². The van der Waals surface area contributed by atoms with Crippen LogP contribution in [0.5, 0.6) is 0 Å². The third-order valence-electron chi connectivity index (χ3n) is 3.30. The molecular weight excluding hydrogens is 308 g/mol. The van der Waals surface area contributed by atoms with Crippen molar-refractivity contribution in [1.82, 2.24) is 15.5 Å². The number of nitrogens with one attached hydrogen (secondary N) is 2. The number of aromatic nitrogens is 2. The van der Waals surface area contributed by atoms with Crippen LogP contribution in [0.2, 0.25) is 0 Å². The SMILES string of the molecule is CC(=O)Nc1ccc(C(=O)N[C@H](C)c2nc(C(C)(C)C)no2)cc1. The lowest BCUT2D eigenvalue weighted by atomic mass is 9.96. The Morgan fingerprint density at radius 1 is 1.17 bits per heavy atom. The van der Waals surface area contributed by atoms with Crippen LogP contribution in [0, 0.1) is 0 Å². The molecule has 2 N–H and O–H groups in total. The number of rotatable bonds is 4. The molecule has 2 rings (SSSR count). The second kappa shape index (κ2) is 6.82. The fraction of sp³-hybridized carbons (Fsp3) is 0.412. The Balaban J connectivity index is 2.03. The van der Waals surface area contributed by atoms with E-state index in [9.17, 15) is 9.59 Å². The van der Waals surface area contributed by atoms with E-state index in [1.54, 1.807) is 31.2 Å². The summed E-state index contributed by atoms with van der Waals surface area (Å²) in [7, 11) is 0. The average molecular weight is 330 g/mol. The van der Waals surface area contributed by atoms with Crippen molar-refractivity contribution in [2.45, 2.75) is 46.1 Å². The molecule has 1 aromatic carbocycles. The van der Waals surface area contributed by atoms with E-state index in [0.29, 0.717) is 23.0 Å². The highest BCUT2D eigenvalue weighted by atomic mass is 16.5. The Bertz CT molecular complexity index is 729. The van der Waals surface area contributed by atoms with Crippen LogP contribution >= 0.6 is 0 Å². The number of anilines is 1. The van der Waals surface area contributed by atoms with Crippen LogP contribution in [0.1, 0.15) is 62.7 Å². The first-order chi connectivity index (χ1) is 11.2. The molecule has 2 aromatic rings. The van der Waals surface area contributed by atoms with Gasteiger partial charge < -0.3 is 15.2 Å². The van der Waals surface area contributed by atoms with E-state index >= 15 is 0 Å². The number of carbonyl (C=O) groups excluding carboxylic acids is 2. The summed E-state index contributed by atoms with van der Waals surface area (Å²) in [4.78, 5) is 27.6. The molecule has 0 bridgehead atoms. The summed E-state index contributed by atoms with van der Waals surface area (Å²) in [6, 6.07) is 6.22. The van der Waals surface area contributed by atoms with Gasteiger partial charge in [-0.1, -0.05) is 25.9 Å². The van der Waals surface area contributed by atoms with E-state index in [1.165, 1.54) is 6.92 Å². The van der Waals surface area contributed by atoms with Gasteiger partial charge >= 0.3 is 0 Å². The van der Waals surface area contributed by atoms with Gasteiger partial charge in [-0.2, -0.15) is 4.98 Å². The lowest BCUT2D eigenvalue weighted by molar-refractivity contribution is -0.114. The van der Waals surface area contributed by atoms with Gasteiger partial charge in [-0.15, -0.1) is 0 Å². The molecule has 0 fully saturated rings. The van der Waals surface area contributed by atoms with Crippen molar-refractivity contribution in [2.75, 3.05) is 5.32 Å². The predicted octanol–water partition coefficient (Wildman–Crippen LogP) is 2.82. The molecule has 1 aromatic heterocycles. The number of amides is 2. The molecule has 0 aliphatic heterocycles. The number of hydrogen-bond donors (Lipinski definition) is 2. The molecule has 0 saturated heterocycles. The van der Waals surface area contributed by atoms with Crippen LogP contribution in [0.4, 0.5) is 5.69 Å². The molecule has 0 unspecified atom stereocenters. The molecule has 2 amide bonds. The molecule has 0 aliphatic carbocycles. The summed E-state index contributed by atoms with van der Waals surface area (Å²) in [5.74, 6) is 0.542. The first kappa shape index (κ1) is 17.7. The van der Waals surface area contributed by atoms with E-state index in [4.69, 9.17) is 4.52 Å². The Hall–Kier alpha value is -2.70. The second-order valence-corrected chi connectivity index (χ2v) is 6.66. The normalized spacial score (nSPS) is 12.5. The van der Waals surface area contributed by atoms with Crippen molar-refractivity contribution < 1.29 is 14.1 Å². The van der Waals surface area contributed by atoms with Crippen molar-refractivity contribution in [3.63, 3.8) is 0 Å². The fourth-order valence-electron chi connectivity index (χ4n) is 1.97. The molecular formula is C17H22N4O3. The summed E-state index contributed by atoms with van der Waals surface area (Å²) >= 11 is 0. The zero-order valence-electron chi connectivity index (χ0n) is 14.5.